The number of nitrogens with zero attached hydrogens (tertiary/aromatic N) is 1. The molecule has 0 spiro atoms. The molecule has 1 rings (SSSR count). The molecule has 0 bridgehead atoms. The van der Waals surface area contributed by atoms with Crippen molar-refractivity contribution in [1.29, 1.82) is 0 Å². The van der Waals surface area contributed by atoms with Gasteiger partial charge in [0.05, 0.1) is 11.5 Å². The van der Waals surface area contributed by atoms with Gasteiger partial charge in [-0.2, -0.15) is 0 Å². The van der Waals surface area contributed by atoms with Crippen molar-refractivity contribution in [2.45, 2.75) is 12.5 Å². The first kappa shape index (κ1) is 13.9. The summed E-state index contributed by atoms with van der Waals surface area (Å²) in [5.74, 6) is 0. The molecule has 0 heterocycles. The monoisotopic (exact) mass is 304 g/mol. The third-order valence-corrected chi connectivity index (χ3v) is 2.65. The SMILES string of the molecule is CC(O)(CO)CNc1ccc(Br)cc1[N+](=O)[O-]. The van der Waals surface area contributed by atoms with Gasteiger partial charge < -0.3 is 15.5 Å². The van der Waals surface area contributed by atoms with Crippen molar-refractivity contribution >= 4 is 27.3 Å². The van der Waals surface area contributed by atoms with Gasteiger partial charge in [-0.1, -0.05) is 15.9 Å². The molecule has 94 valence electrons. The smallest absolute Gasteiger partial charge is 0.293 e. The van der Waals surface area contributed by atoms with Gasteiger partial charge in [0, 0.05) is 17.1 Å². The van der Waals surface area contributed by atoms with E-state index in [9.17, 15) is 15.2 Å². The van der Waals surface area contributed by atoms with Gasteiger partial charge in [-0.3, -0.25) is 10.1 Å². The van der Waals surface area contributed by atoms with Crippen molar-refractivity contribution in [3.8, 4) is 0 Å². The lowest BCUT2D eigenvalue weighted by Crippen LogP contribution is -2.37. The topological polar surface area (TPSA) is 95.6 Å². The van der Waals surface area contributed by atoms with Crippen LogP contribution in [-0.4, -0.2) is 33.9 Å². The Kier molecular flexibility index (Phi) is 4.44. The van der Waals surface area contributed by atoms with Crippen LogP contribution in [0.15, 0.2) is 22.7 Å². The average Bonchev–Trinajstić information content (AvgIpc) is 2.27. The van der Waals surface area contributed by atoms with Crippen LogP contribution in [0, 0.1) is 10.1 Å². The fourth-order valence-corrected chi connectivity index (χ4v) is 1.50. The molecule has 1 unspecified atom stereocenters. The predicted molar refractivity (Wildman–Crippen MR) is 67.0 cm³/mol. The molecular formula is C10H13BrN2O4. The molecular weight excluding hydrogens is 292 g/mol. The van der Waals surface area contributed by atoms with E-state index in [-0.39, 0.29) is 12.2 Å². The summed E-state index contributed by atoms with van der Waals surface area (Å²) >= 11 is 3.15. The van der Waals surface area contributed by atoms with Crippen LogP contribution in [0.5, 0.6) is 0 Å². The molecule has 0 fully saturated rings. The van der Waals surface area contributed by atoms with Gasteiger partial charge in [0.1, 0.15) is 11.3 Å². The van der Waals surface area contributed by atoms with Crippen LogP contribution >= 0.6 is 15.9 Å². The molecule has 0 saturated heterocycles. The van der Waals surface area contributed by atoms with E-state index in [1.54, 1.807) is 6.07 Å². The van der Waals surface area contributed by atoms with E-state index < -0.39 is 17.1 Å². The van der Waals surface area contributed by atoms with E-state index in [2.05, 4.69) is 21.2 Å². The van der Waals surface area contributed by atoms with E-state index >= 15 is 0 Å². The predicted octanol–water partition coefficient (Wildman–Crippen LogP) is 1.51. The number of hydrogen-bond acceptors (Lipinski definition) is 5. The van der Waals surface area contributed by atoms with Crippen LogP contribution in [0.4, 0.5) is 11.4 Å². The van der Waals surface area contributed by atoms with Gasteiger partial charge in [-0.25, -0.2) is 0 Å². The molecule has 6 nitrogen and oxygen atoms in total. The number of nitrogens with one attached hydrogen (secondary N) is 1. The average molecular weight is 305 g/mol. The number of nitro groups is 1. The highest BCUT2D eigenvalue weighted by Crippen LogP contribution is 2.28. The number of halogens is 1. The van der Waals surface area contributed by atoms with Crippen LogP contribution in [-0.2, 0) is 0 Å². The Hall–Kier alpha value is -1.18. The fraction of sp³-hybridized carbons (Fsp3) is 0.400. The summed E-state index contributed by atoms with van der Waals surface area (Å²) in [5.41, 5.74) is -1.11. The van der Waals surface area contributed by atoms with Crippen molar-refractivity contribution < 1.29 is 15.1 Å². The maximum absolute atomic E-state index is 10.8. The quantitative estimate of drug-likeness (QED) is 0.566. The highest BCUT2D eigenvalue weighted by molar-refractivity contribution is 9.10. The molecule has 1 atom stereocenters. The molecule has 7 heteroatoms. The normalized spacial score (nSPS) is 14.1. The van der Waals surface area contributed by atoms with Crippen LogP contribution in [0.25, 0.3) is 0 Å². The second-order valence-corrected chi connectivity index (χ2v) is 4.84. The van der Waals surface area contributed by atoms with E-state index in [1.165, 1.54) is 19.1 Å². The molecule has 17 heavy (non-hydrogen) atoms. The van der Waals surface area contributed by atoms with Crippen LogP contribution in [0.3, 0.4) is 0 Å². The summed E-state index contributed by atoms with van der Waals surface area (Å²) < 4.78 is 0.601. The van der Waals surface area contributed by atoms with E-state index in [4.69, 9.17) is 5.11 Å². The molecule has 0 amide bonds. The van der Waals surface area contributed by atoms with Crippen molar-refractivity contribution in [1.82, 2.24) is 0 Å². The zero-order valence-electron chi connectivity index (χ0n) is 9.18. The molecule has 0 radical (unpaired) electrons. The van der Waals surface area contributed by atoms with E-state index in [0.29, 0.717) is 10.2 Å². The zero-order chi connectivity index (χ0) is 13.1. The van der Waals surface area contributed by atoms with Crippen molar-refractivity contribution in [2.75, 3.05) is 18.5 Å². The van der Waals surface area contributed by atoms with Crippen molar-refractivity contribution in [3.05, 3.63) is 32.8 Å². The maximum atomic E-state index is 10.8. The standard InChI is InChI=1S/C10H13BrN2O4/c1-10(15,6-14)5-12-8-3-2-7(11)4-9(8)13(16)17/h2-4,12,14-15H,5-6H2,1H3. The lowest BCUT2D eigenvalue weighted by Gasteiger charge is -2.21. The highest BCUT2D eigenvalue weighted by Gasteiger charge is 2.21. The van der Waals surface area contributed by atoms with E-state index in [1.807, 2.05) is 0 Å². The molecule has 0 aromatic heterocycles. The van der Waals surface area contributed by atoms with Crippen LogP contribution in [0.1, 0.15) is 6.92 Å². The van der Waals surface area contributed by atoms with Crippen molar-refractivity contribution in [2.24, 2.45) is 0 Å². The minimum absolute atomic E-state index is 0.0198. The molecule has 0 aliphatic rings. The summed E-state index contributed by atoms with van der Waals surface area (Å²) in [4.78, 5) is 10.3. The maximum Gasteiger partial charge on any atom is 0.293 e. The third kappa shape index (κ3) is 3.95. The van der Waals surface area contributed by atoms with E-state index in [0.717, 1.165) is 0 Å². The number of aliphatic hydroxyl groups excluding tert-OH is 1. The number of aliphatic hydroxyl groups is 2. The highest BCUT2D eigenvalue weighted by atomic mass is 79.9. The van der Waals surface area contributed by atoms with Crippen LogP contribution in [0.2, 0.25) is 0 Å². The molecule has 0 aliphatic heterocycles. The Morgan fingerprint density at radius 1 is 1.59 bits per heavy atom. The lowest BCUT2D eigenvalue weighted by atomic mass is 10.1. The Balaban J connectivity index is 2.88. The summed E-state index contributed by atoms with van der Waals surface area (Å²) in [6.45, 7) is 1.03. The van der Waals surface area contributed by atoms with Gasteiger partial charge in [-0.15, -0.1) is 0 Å². The lowest BCUT2D eigenvalue weighted by molar-refractivity contribution is -0.384. The first-order valence-corrected chi connectivity index (χ1v) is 5.66. The second kappa shape index (κ2) is 5.44. The zero-order valence-corrected chi connectivity index (χ0v) is 10.8. The first-order chi connectivity index (χ1) is 7.85. The molecule has 0 saturated carbocycles. The number of nitro benzene ring substituents is 1. The Morgan fingerprint density at radius 3 is 2.76 bits per heavy atom. The van der Waals surface area contributed by atoms with Gasteiger partial charge in [0.25, 0.3) is 5.69 Å². The van der Waals surface area contributed by atoms with Gasteiger partial charge in [0.15, 0.2) is 0 Å². The van der Waals surface area contributed by atoms with Gasteiger partial charge in [-0.05, 0) is 19.1 Å². The molecule has 3 N–H and O–H groups in total. The van der Waals surface area contributed by atoms with Crippen molar-refractivity contribution in [3.63, 3.8) is 0 Å². The second-order valence-electron chi connectivity index (χ2n) is 3.93. The summed E-state index contributed by atoms with van der Waals surface area (Å²) in [7, 11) is 0. The van der Waals surface area contributed by atoms with Crippen LogP contribution < -0.4 is 5.32 Å². The molecule has 0 aliphatic carbocycles. The summed E-state index contributed by atoms with van der Waals surface area (Å²) in [5, 5.41) is 32.0. The summed E-state index contributed by atoms with van der Waals surface area (Å²) in [6, 6.07) is 4.56. The molecule has 1 aromatic rings. The minimum atomic E-state index is -1.32. The first-order valence-electron chi connectivity index (χ1n) is 4.87. The third-order valence-electron chi connectivity index (χ3n) is 2.16. The Morgan fingerprint density at radius 2 is 2.24 bits per heavy atom. The fourth-order valence-electron chi connectivity index (χ4n) is 1.15. The van der Waals surface area contributed by atoms with Gasteiger partial charge in [0.2, 0.25) is 0 Å². The minimum Gasteiger partial charge on any atom is -0.393 e. The molecule has 1 aromatic carbocycles. The number of benzene rings is 1. The number of anilines is 1. The summed E-state index contributed by atoms with van der Waals surface area (Å²) in [6.07, 6.45) is 0. The largest absolute Gasteiger partial charge is 0.393 e. The Bertz CT molecular complexity index is 423. The number of rotatable bonds is 5. The Labute approximate surface area is 107 Å². The van der Waals surface area contributed by atoms with Gasteiger partial charge >= 0.3 is 0 Å². The number of hydrogen-bond donors (Lipinski definition) is 3.